The Balaban J connectivity index is 1.61. The molecule has 0 spiro atoms. The Hall–Kier alpha value is -3.42. The Labute approximate surface area is 188 Å². The Kier molecular flexibility index (Phi) is 5.52. The molecular weight excluding hydrogens is 398 g/mol. The summed E-state index contributed by atoms with van der Waals surface area (Å²) in [5, 5.41) is 0.781. The van der Waals surface area contributed by atoms with Crippen molar-refractivity contribution in [1.29, 1.82) is 0 Å². The number of pyridine rings is 1. The molecule has 3 aromatic carbocycles. The quantitative estimate of drug-likeness (QED) is 0.325. The lowest BCUT2D eigenvalue weighted by Gasteiger charge is -2.19. The number of aromatic nitrogens is 1. The van der Waals surface area contributed by atoms with Crippen molar-refractivity contribution in [3.05, 3.63) is 131 Å². The lowest BCUT2D eigenvalue weighted by molar-refractivity contribution is 0.857. The van der Waals surface area contributed by atoms with Gasteiger partial charge in [-0.15, -0.1) is 0 Å². The van der Waals surface area contributed by atoms with E-state index in [1.807, 2.05) is 24.3 Å². The highest BCUT2D eigenvalue weighted by Crippen LogP contribution is 2.35. The molecule has 31 heavy (non-hydrogen) atoms. The number of allylic oxidation sites excluding steroid dienone is 4. The van der Waals surface area contributed by atoms with Gasteiger partial charge in [-0.3, -0.25) is 0 Å². The second-order valence-electron chi connectivity index (χ2n) is 7.78. The van der Waals surface area contributed by atoms with Gasteiger partial charge in [0.25, 0.3) is 0 Å². The fourth-order valence-corrected chi connectivity index (χ4v) is 4.25. The van der Waals surface area contributed by atoms with Crippen molar-refractivity contribution < 1.29 is 0 Å². The zero-order valence-corrected chi connectivity index (χ0v) is 17.8. The minimum atomic E-state index is 0.312. The van der Waals surface area contributed by atoms with E-state index < -0.39 is 0 Å². The maximum atomic E-state index is 6.25. The van der Waals surface area contributed by atoms with E-state index in [0.717, 1.165) is 34.0 Å². The highest BCUT2D eigenvalue weighted by atomic mass is 35.5. The minimum Gasteiger partial charge on any atom is -0.248 e. The van der Waals surface area contributed by atoms with Crippen LogP contribution in [0.4, 0.5) is 0 Å². The molecule has 150 valence electrons. The third-order valence-electron chi connectivity index (χ3n) is 5.64. The van der Waals surface area contributed by atoms with Crippen molar-refractivity contribution in [2.45, 2.75) is 12.3 Å². The van der Waals surface area contributed by atoms with Crippen LogP contribution in [0.3, 0.4) is 0 Å². The summed E-state index contributed by atoms with van der Waals surface area (Å²) >= 11 is 6.25. The summed E-state index contributed by atoms with van der Waals surface area (Å²) in [5.74, 6) is 0.312. The van der Waals surface area contributed by atoms with Gasteiger partial charge >= 0.3 is 0 Å². The van der Waals surface area contributed by atoms with Crippen molar-refractivity contribution in [3.63, 3.8) is 0 Å². The second-order valence-corrected chi connectivity index (χ2v) is 8.22. The summed E-state index contributed by atoms with van der Waals surface area (Å²) in [7, 11) is 0. The molecule has 0 bridgehead atoms. The molecule has 5 rings (SSSR count). The van der Waals surface area contributed by atoms with Crippen LogP contribution in [0.15, 0.2) is 115 Å². The summed E-state index contributed by atoms with van der Waals surface area (Å²) in [6.45, 7) is 0. The fourth-order valence-electron chi connectivity index (χ4n) is 4.05. The molecule has 2 heteroatoms. The zero-order valence-electron chi connectivity index (χ0n) is 17.1. The lowest BCUT2D eigenvalue weighted by atomic mass is 9.87. The van der Waals surface area contributed by atoms with Crippen LogP contribution in [0.5, 0.6) is 0 Å². The number of rotatable bonds is 4. The molecule has 1 heterocycles. The summed E-state index contributed by atoms with van der Waals surface area (Å²) < 4.78 is 0. The van der Waals surface area contributed by atoms with Crippen LogP contribution in [0.25, 0.3) is 28.1 Å². The minimum absolute atomic E-state index is 0.312. The van der Waals surface area contributed by atoms with Crippen LogP contribution in [-0.2, 0) is 0 Å². The molecule has 1 aliphatic carbocycles. The molecule has 0 saturated carbocycles. The summed E-state index contributed by atoms with van der Waals surface area (Å²) in [5.41, 5.74) is 7.84. The van der Waals surface area contributed by atoms with Crippen LogP contribution < -0.4 is 0 Å². The van der Waals surface area contributed by atoms with Crippen molar-refractivity contribution in [1.82, 2.24) is 4.98 Å². The number of halogens is 1. The molecule has 4 aromatic rings. The van der Waals surface area contributed by atoms with Gasteiger partial charge in [-0.2, -0.15) is 0 Å². The van der Waals surface area contributed by atoms with E-state index in [4.69, 9.17) is 16.6 Å². The summed E-state index contributed by atoms with van der Waals surface area (Å²) in [4.78, 5) is 4.99. The topological polar surface area (TPSA) is 12.9 Å². The molecule has 1 aliphatic rings. The smallest absolute Gasteiger partial charge is 0.0715 e. The van der Waals surface area contributed by atoms with Crippen molar-refractivity contribution >= 4 is 17.2 Å². The number of hydrogen-bond acceptors (Lipinski definition) is 1. The average Bonchev–Trinajstić information content (AvgIpc) is 2.85. The third-order valence-corrected chi connectivity index (χ3v) is 5.88. The predicted octanol–water partition coefficient (Wildman–Crippen LogP) is 8.20. The molecule has 1 nitrogen and oxygen atoms in total. The molecule has 0 N–H and O–H groups in total. The molecule has 1 aromatic heterocycles. The highest BCUT2D eigenvalue weighted by molar-refractivity contribution is 6.30. The molecule has 1 atom stereocenters. The average molecular weight is 420 g/mol. The van der Waals surface area contributed by atoms with E-state index in [1.54, 1.807) is 0 Å². The van der Waals surface area contributed by atoms with Gasteiger partial charge in [0.2, 0.25) is 0 Å². The monoisotopic (exact) mass is 419 g/mol. The van der Waals surface area contributed by atoms with Gasteiger partial charge in [0.15, 0.2) is 0 Å². The third kappa shape index (κ3) is 4.38. The van der Waals surface area contributed by atoms with E-state index in [-0.39, 0.29) is 0 Å². The van der Waals surface area contributed by atoms with Crippen molar-refractivity contribution in [3.8, 4) is 22.5 Å². The Bertz CT molecular complexity index is 1200. The van der Waals surface area contributed by atoms with Gasteiger partial charge in [0, 0.05) is 22.1 Å². The van der Waals surface area contributed by atoms with Gasteiger partial charge in [0.1, 0.15) is 0 Å². The number of hydrogen-bond donors (Lipinski definition) is 0. The van der Waals surface area contributed by atoms with E-state index >= 15 is 0 Å². The SMILES string of the molecule is Clc1cccc(C2C=C(c3cc(-c4ccccc4)nc(-c4ccccc4)c3)C=CC2)c1. The molecule has 0 fully saturated rings. The summed E-state index contributed by atoms with van der Waals surface area (Å²) in [6, 6.07) is 33.3. The first-order valence-electron chi connectivity index (χ1n) is 10.5. The molecule has 0 saturated heterocycles. The maximum Gasteiger partial charge on any atom is 0.0715 e. The molecule has 1 unspecified atom stereocenters. The Morgan fingerprint density at radius 3 is 1.94 bits per heavy atom. The number of nitrogens with zero attached hydrogens (tertiary/aromatic N) is 1. The Morgan fingerprint density at radius 2 is 1.32 bits per heavy atom. The first kappa shape index (κ1) is 19.5. The molecular formula is C29H22ClN. The molecule has 0 amide bonds. The van der Waals surface area contributed by atoms with Crippen LogP contribution in [0.2, 0.25) is 5.02 Å². The zero-order chi connectivity index (χ0) is 21.0. The molecule has 0 radical (unpaired) electrons. The largest absolute Gasteiger partial charge is 0.248 e. The van der Waals surface area contributed by atoms with E-state index in [2.05, 4.69) is 91.0 Å². The first-order valence-corrected chi connectivity index (χ1v) is 10.9. The van der Waals surface area contributed by atoms with Crippen LogP contribution in [0, 0.1) is 0 Å². The van der Waals surface area contributed by atoms with E-state index in [9.17, 15) is 0 Å². The molecule has 0 aliphatic heterocycles. The van der Waals surface area contributed by atoms with Crippen LogP contribution >= 0.6 is 11.6 Å². The predicted molar refractivity (Wildman–Crippen MR) is 131 cm³/mol. The van der Waals surface area contributed by atoms with Crippen LogP contribution in [-0.4, -0.2) is 4.98 Å². The Morgan fingerprint density at radius 1 is 0.677 bits per heavy atom. The van der Waals surface area contributed by atoms with Gasteiger partial charge in [-0.05, 0) is 47.4 Å². The maximum absolute atomic E-state index is 6.25. The van der Waals surface area contributed by atoms with E-state index in [1.165, 1.54) is 16.7 Å². The van der Waals surface area contributed by atoms with Gasteiger partial charge in [0.05, 0.1) is 11.4 Å². The van der Waals surface area contributed by atoms with E-state index in [0.29, 0.717) is 5.92 Å². The van der Waals surface area contributed by atoms with Gasteiger partial charge < -0.3 is 0 Å². The van der Waals surface area contributed by atoms with Crippen LogP contribution in [0.1, 0.15) is 23.5 Å². The number of benzene rings is 3. The van der Waals surface area contributed by atoms with Gasteiger partial charge in [-0.1, -0.05) is 103 Å². The van der Waals surface area contributed by atoms with Crippen molar-refractivity contribution in [2.24, 2.45) is 0 Å². The van der Waals surface area contributed by atoms with Crippen molar-refractivity contribution in [2.75, 3.05) is 0 Å². The summed E-state index contributed by atoms with van der Waals surface area (Å²) in [6.07, 6.45) is 7.81. The normalized spacial score (nSPS) is 15.5. The first-order chi connectivity index (χ1) is 15.3. The fraction of sp³-hybridized carbons (Fsp3) is 0.0690. The van der Waals surface area contributed by atoms with Gasteiger partial charge in [-0.25, -0.2) is 4.98 Å². The standard InChI is InChI=1S/C29H22ClN/c30-27-16-8-15-25(18-27)23-13-7-14-24(17-23)26-19-28(21-9-3-1-4-10-21)31-29(20-26)22-11-5-2-6-12-22/h1-12,14-20,23H,13H2. The highest BCUT2D eigenvalue weighted by Gasteiger charge is 2.15. The second kappa shape index (κ2) is 8.75. The lowest BCUT2D eigenvalue weighted by Crippen LogP contribution is -2.00.